The molecule has 6 nitrogen and oxygen atoms in total. The number of rotatable bonds is 4. The Labute approximate surface area is 96.4 Å². The van der Waals surface area contributed by atoms with Crippen LogP contribution in [0.25, 0.3) is 0 Å². The third-order valence-corrected chi connectivity index (χ3v) is 2.00. The maximum absolute atomic E-state index is 12.1. The van der Waals surface area contributed by atoms with E-state index in [1.54, 1.807) is 0 Å². The van der Waals surface area contributed by atoms with Crippen LogP contribution in [0.2, 0.25) is 0 Å². The van der Waals surface area contributed by atoms with E-state index in [0.29, 0.717) is 12.0 Å². The van der Waals surface area contributed by atoms with Gasteiger partial charge in [-0.1, -0.05) is 0 Å². The van der Waals surface area contributed by atoms with Crippen molar-refractivity contribution in [2.45, 2.75) is 17.9 Å². The predicted molar refractivity (Wildman–Crippen MR) is 46.4 cm³/mol. The van der Waals surface area contributed by atoms with Crippen molar-refractivity contribution in [3.63, 3.8) is 0 Å². The van der Waals surface area contributed by atoms with Crippen LogP contribution in [0.15, 0.2) is 26.6 Å². The number of oxazole rings is 1. The minimum absolute atomic E-state index is 0.0203. The summed E-state index contributed by atoms with van der Waals surface area (Å²) in [6, 6.07) is 0. The topological polar surface area (TPSA) is 74.2 Å². The summed E-state index contributed by atoms with van der Waals surface area (Å²) in [5.41, 5.74) is 0. The van der Waals surface area contributed by atoms with Crippen molar-refractivity contribution in [1.82, 2.24) is 15.1 Å². The molecule has 0 spiro atoms. The highest BCUT2D eigenvalue weighted by atomic mass is 32.2. The molecule has 2 aromatic rings. The Balaban J connectivity index is 1.85. The van der Waals surface area contributed by atoms with Gasteiger partial charge in [-0.3, -0.25) is 4.18 Å². The van der Waals surface area contributed by atoms with Crippen LogP contribution in [-0.4, -0.2) is 15.1 Å². The van der Waals surface area contributed by atoms with E-state index < -0.39 is 12.1 Å². The summed E-state index contributed by atoms with van der Waals surface area (Å²) in [5, 5.41) is 2.81. The van der Waals surface area contributed by atoms with Gasteiger partial charge < -0.3 is 8.94 Å². The summed E-state index contributed by atoms with van der Waals surface area (Å²) >= 11 is 0.540. The fourth-order valence-electron chi connectivity index (χ4n) is 0.816. The van der Waals surface area contributed by atoms with Gasteiger partial charge in [-0.2, -0.15) is 18.2 Å². The minimum atomic E-state index is -4.66. The van der Waals surface area contributed by atoms with Crippen LogP contribution in [0, 0.1) is 0 Å². The van der Waals surface area contributed by atoms with Gasteiger partial charge in [-0.15, -0.1) is 0 Å². The summed E-state index contributed by atoms with van der Waals surface area (Å²) in [5.74, 6) is -1.13. The van der Waals surface area contributed by atoms with Crippen LogP contribution < -0.4 is 0 Å². The Kier molecular flexibility index (Phi) is 3.33. The lowest BCUT2D eigenvalue weighted by Gasteiger charge is -1.96. The van der Waals surface area contributed by atoms with Gasteiger partial charge in [-0.25, -0.2) is 4.98 Å². The van der Waals surface area contributed by atoms with E-state index in [4.69, 9.17) is 8.60 Å². The number of hydrogen-bond donors (Lipinski definition) is 0. The molecular weight excluding hydrogens is 263 g/mol. The zero-order valence-corrected chi connectivity index (χ0v) is 8.79. The van der Waals surface area contributed by atoms with Crippen molar-refractivity contribution in [2.75, 3.05) is 0 Å². The van der Waals surface area contributed by atoms with Crippen LogP contribution in [0.1, 0.15) is 11.8 Å². The molecule has 92 valence electrons. The van der Waals surface area contributed by atoms with E-state index in [0.717, 1.165) is 0 Å². The molecule has 0 atom stereocenters. The Morgan fingerprint density at radius 3 is 2.82 bits per heavy atom. The van der Waals surface area contributed by atoms with Gasteiger partial charge in [0, 0.05) is 0 Å². The van der Waals surface area contributed by atoms with E-state index in [2.05, 4.69) is 19.6 Å². The average Bonchev–Trinajstić information content (AvgIpc) is 2.86. The van der Waals surface area contributed by atoms with Crippen LogP contribution in [-0.2, 0) is 17.0 Å². The number of hydrogen-bond acceptors (Lipinski definition) is 7. The van der Waals surface area contributed by atoms with E-state index in [-0.39, 0.29) is 17.7 Å². The van der Waals surface area contributed by atoms with Crippen LogP contribution in [0.5, 0.6) is 0 Å². The molecule has 0 fully saturated rings. The predicted octanol–water partition coefficient (Wildman–Crippen LogP) is 2.30. The molecule has 0 aromatic carbocycles. The number of nitrogens with zero attached hydrogens (tertiary/aromatic N) is 3. The second-order valence-corrected chi connectivity index (χ2v) is 3.42. The fourth-order valence-corrected chi connectivity index (χ4v) is 1.27. The smallest absolute Gasteiger partial charge is 0.446 e. The maximum atomic E-state index is 12.1. The highest BCUT2D eigenvalue weighted by Crippen LogP contribution is 2.29. The molecule has 0 aliphatic rings. The molecule has 0 aliphatic carbocycles. The third-order valence-electron chi connectivity index (χ3n) is 1.45. The molecule has 0 radical (unpaired) electrons. The molecular formula is C7H4F3N3O3S. The van der Waals surface area contributed by atoms with Crippen LogP contribution in [0.3, 0.4) is 0 Å². The first-order chi connectivity index (χ1) is 8.05. The van der Waals surface area contributed by atoms with Gasteiger partial charge in [0.1, 0.15) is 12.9 Å². The molecule has 2 heterocycles. The van der Waals surface area contributed by atoms with Crippen molar-refractivity contribution >= 4 is 12.0 Å². The lowest BCUT2D eigenvalue weighted by atomic mass is 10.7. The quantitative estimate of drug-likeness (QED) is 0.787. The Bertz CT molecular complexity index is 470. The first-order valence-corrected chi connectivity index (χ1v) is 4.88. The summed E-state index contributed by atoms with van der Waals surface area (Å²) in [7, 11) is 0. The van der Waals surface area contributed by atoms with Crippen molar-refractivity contribution in [3.05, 3.63) is 24.2 Å². The highest BCUT2D eigenvalue weighted by molar-refractivity contribution is 7.94. The molecule has 2 rings (SSSR count). The first kappa shape index (κ1) is 11.9. The normalized spacial score (nSPS) is 11.9. The molecule has 10 heteroatoms. The van der Waals surface area contributed by atoms with E-state index in [1.165, 1.54) is 12.5 Å². The number of aromatic nitrogens is 3. The zero-order valence-electron chi connectivity index (χ0n) is 7.97. The monoisotopic (exact) mass is 267 g/mol. The van der Waals surface area contributed by atoms with Gasteiger partial charge in [-0.05, 0) is 5.16 Å². The second kappa shape index (κ2) is 4.75. The summed E-state index contributed by atoms with van der Waals surface area (Å²) < 4.78 is 50.0. The third kappa shape index (κ3) is 3.20. The summed E-state index contributed by atoms with van der Waals surface area (Å²) in [4.78, 5) is 6.83. The van der Waals surface area contributed by atoms with Gasteiger partial charge >= 0.3 is 12.1 Å². The maximum Gasteiger partial charge on any atom is 0.471 e. The molecule has 0 saturated heterocycles. The average molecular weight is 267 g/mol. The molecule has 0 aliphatic heterocycles. The Morgan fingerprint density at radius 1 is 1.41 bits per heavy atom. The number of alkyl halides is 3. The lowest BCUT2D eigenvalue weighted by molar-refractivity contribution is -0.159. The molecule has 0 bridgehead atoms. The van der Waals surface area contributed by atoms with Crippen molar-refractivity contribution in [3.8, 4) is 0 Å². The molecule has 17 heavy (non-hydrogen) atoms. The summed E-state index contributed by atoms with van der Waals surface area (Å²) in [6.45, 7) is -0.0203. The fraction of sp³-hybridized carbons (Fsp3) is 0.286. The first-order valence-electron chi connectivity index (χ1n) is 4.14. The van der Waals surface area contributed by atoms with Crippen molar-refractivity contribution < 1.29 is 26.3 Å². The van der Waals surface area contributed by atoms with Crippen molar-refractivity contribution in [1.29, 1.82) is 0 Å². The Hall–Kier alpha value is -1.55. The van der Waals surface area contributed by atoms with Crippen LogP contribution in [0.4, 0.5) is 13.2 Å². The highest BCUT2D eigenvalue weighted by Gasteiger charge is 2.38. The largest absolute Gasteiger partial charge is 0.471 e. The van der Waals surface area contributed by atoms with Gasteiger partial charge in [0.15, 0.2) is 0 Å². The molecule has 0 N–H and O–H groups in total. The second-order valence-electron chi connectivity index (χ2n) is 2.65. The van der Waals surface area contributed by atoms with E-state index >= 15 is 0 Å². The van der Waals surface area contributed by atoms with E-state index in [1.807, 2.05) is 0 Å². The summed E-state index contributed by atoms with van der Waals surface area (Å²) in [6.07, 6.45) is -1.90. The minimum Gasteiger partial charge on any atom is -0.446 e. The SMILES string of the molecule is FC(F)(F)c1nc(SOCc2ncco2)no1. The molecule has 0 saturated carbocycles. The van der Waals surface area contributed by atoms with Gasteiger partial charge in [0.25, 0.3) is 5.16 Å². The van der Waals surface area contributed by atoms with Crippen LogP contribution >= 0.6 is 12.0 Å². The standard InChI is InChI=1S/C7H4F3N3O3S/c8-7(9,10)5-12-6(13-16-5)17-15-3-4-11-1-2-14-4/h1-2H,3H2. The lowest BCUT2D eigenvalue weighted by Crippen LogP contribution is -2.04. The van der Waals surface area contributed by atoms with Crippen molar-refractivity contribution in [2.24, 2.45) is 0 Å². The van der Waals surface area contributed by atoms with E-state index in [9.17, 15) is 13.2 Å². The Morgan fingerprint density at radius 2 is 2.24 bits per heavy atom. The van der Waals surface area contributed by atoms with Gasteiger partial charge in [0.05, 0.1) is 18.2 Å². The molecule has 2 aromatic heterocycles. The zero-order chi connectivity index (χ0) is 12.3. The molecule has 0 unspecified atom stereocenters. The molecule has 0 amide bonds. The van der Waals surface area contributed by atoms with Gasteiger partial charge in [0.2, 0.25) is 5.89 Å². The number of halogens is 3.